The Morgan fingerprint density at radius 3 is 2.85 bits per heavy atom. The molecule has 0 spiro atoms. The maximum Gasteiger partial charge on any atom is 0.168 e. The molecule has 0 aromatic heterocycles. The topological polar surface area (TPSA) is 38.7 Å². The van der Waals surface area contributed by atoms with Gasteiger partial charge in [0.05, 0.1) is 11.6 Å². The van der Waals surface area contributed by atoms with E-state index in [1.54, 1.807) is 12.1 Å². The molecule has 0 atom stereocenters. The predicted octanol–water partition coefficient (Wildman–Crippen LogP) is 1.60. The van der Waals surface area contributed by atoms with Gasteiger partial charge in [-0.1, -0.05) is 11.6 Å². The van der Waals surface area contributed by atoms with Gasteiger partial charge in [0.15, 0.2) is 11.5 Å². The van der Waals surface area contributed by atoms with E-state index in [1.807, 2.05) is 0 Å². The molecule has 2 rings (SSSR count). The predicted molar refractivity (Wildman–Crippen MR) is 48.4 cm³/mol. The van der Waals surface area contributed by atoms with E-state index >= 15 is 0 Å². The summed E-state index contributed by atoms with van der Waals surface area (Å²) >= 11 is 5.87. The maximum absolute atomic E-state index is 9.05. The smallest absolute Gasteiger partial charge is 0.168 e. The van der Waals surface area contributed by atoms with Gasteiger partial charge < -0.3 is 14.6 Å². The van der Waals surface area contributed by atoms with E-state index in [0.29, 0.717) is 35.3 Å². The lowest BCUT2D eigenvalue weighted by Gasteiger charge is -2.20. The molecule has 1 aliphatic heterocycles. The molecular formula is C9H9ClO3. The highest BCUT2D eigenvalue weighted by Gasteiger charge is 2.17. The number of aliphatic hydroxyl groups excluding tert-OH is 1. The van der Waals surface area contributed by atoms with Gasteiger partial charge in [-0.25, -0.2) is 0 Å². The quantitative estimate of drug-likeness (QED) is 0.749. The molecular weight excluding hydrogens is 192 g/mol. The highest BCUT2D eigenvalue weighted by molar-refractivity contribution is 6.31. The molecule has 1 aromatic carbocycles. The first-order chi connectivity index (χ1) is 6.33. The number of fused-ring (bicyclic) bond motifs is 1. The van der Waals surface area contributed by atoms with Crippen LogP contribution in [0.3, 0.4) is 0 Å². The van der Waals surface area contributed by atoms with Crippen LogP contribution in [0.25, 0.3) is 0 Å². The number of halogens is 1. The summed E-state index contributed by atoms with van der Waals surface area (Å²) in [6.45, 7) is 0.908. The minimum atomic E-state index is -0.134. The first-order valence-corrected chi connectivity index (χ1v) is 4.38. The molecule has 0 unspecified atom stereocenters. The van der Waals surface area contributed by atoms with Gasteiger partial charge in [0.2, 0.25) is 0 Å². The fourth-order valence-electron chi connectivity index (χ4n) is 1.30. The molecule has 13 heavy (non-hydrogen) atoms. The summed E-state index contributed by atoms with van der Waals surface area (Å²) in [7, 11) is 0. The SMILES string of the molecule is OCc1c(Cl)ccc2c1OCCO2. The van der Waals surface area contributed by atoms with Crippen molar-refractivity contribution in [2.45, 2.75) is 6.61 Å². The van der Waals surface area contributed by atoms with E-state index in [9.17, 15) is 0 Å². The molecule has 1 heterocycles. The lowest BCUT2D eigenvalue weighted by atomic mass is 10.2. The largest absolute Gasteiger partial charge is 0.486 e. The Morgan fingerprint density at radius 2 is 2.08 bits per heavy atom. The minimum Gasteiger partial charge on any atom is -0.486 e. The van der Waals surface area contributed by atoms with Crippen LogP contribution in [0.5, 0.6) is 11.5 Å². The highest BCUT2D eigenvalue weighted by Crippen LogP contribution is 2.37. The Bertz CT molecular complexity index is 325. The average Bonchev–Trinajstić information content (AvgIpc) is 2.18. The van der Waals surface area contributed by atoms with E-state index in [1.165, 1.54) is 0 Å². The molecule has 4 heteroatoms. The van der Waals surface area contributed by atoms with Crippen molar-refractivity contribution in [1.82, 2.24) is 0 Å². The summed E-state index contributed by atoms with van der Waals surface area (Å²) in [6, 6.07) is 3.44. The first-order valence-electron chi connectivity index (χ1n) is 4.01. The van der Waals surface area contributed by atoms with Crippen molar-refractivity contribution >= 4 is 11.6 Å². The first kappa shape index (κ1) is 8.66. The van der Waals surface area contributed by atoms with Crippen molar-refractivity contribution in [2.75, 3.05) is 13.2 Å². The van der Waals surface area contributed by atoms with Crippen LogP contribution in [0.1, 0.15) is 5.56 Å². The normalized spacial score (nSPS) is 14.3. The lowest BCUT2D eigenvalue weighted by molar-refractivity contribution is 0.165. The Kier molecular flexibility index (Phi) is 2.29. The minimum absolute atomic E-state index is 0.134. The van der Waals surface area contributed by atoms with Gasteiger partial charge in [-0.2, -0.15) is 0 Å². The molecule has 0 saturated carbocycles. The molecule has 1 aromatic rings. The highest BCUT2D eigenvalue weighted by atomic mass is 35.5. The van der Waals surface area contributed by atoms with Crippen molar-refractivity contribution in [3.63, 3.8) is 0 Å². The number of ether oxygens (including phenoxy) is 2. The monoisotopic (exact) mass is 200 g/mol. The van der Waals surface area contributed by atoms with Crippen LogP contribution < -0.4 is 9.47 Å². The second-order valence-electron chi connectivity index (χ2n) is 2.71. The number of rotatable bonds is 1. The summed E-state index contributed by atoms with van der Waals surface area (Å²) in [6.07, 6.45) is 0. The molecule has 1 aliphatic rings. The summed E-state index contributed by atoms with van der Waals surface area (Å²) in [5, 5.41) is 9.56. The van der Waals surface area contributed by atoms with Crippen LogP contribution in [0.15, 0.2) is 12.1 Å². The molecule has 70 valence electrons. The summed E-state index contributed by atoms with van der Waals surface area (Å²) in [5.74, 6) is 1.22. The molecule has 0 saturated heterocycles. The molecule has 0 amide bonds. The van der Waals surface area contributed by atoms with E-state index in [0.717, 1.165) is 0 Å². The summed E-state index contributed by atoms with van der Waals surface area (Å²) < 4.78 is 10.7. The fraction of sp³-hybridized carbons (Fsp3) is 0.333. The number of hydrogen-bond acceptors (Lipinski definition) is 3. The molecule has 1 N–H and O–H groups in total. The van der Waals surface area contributed by atoms with Crippen LogP contribution in [0.2, 0.25) is 5.02 Å². The van der Waals surface area contributed by atoms with Gasteiger partial charge in [-0.15, -0.1) is 0 Å². The van der Waals surface area contributed by atoms with E-state index in [-0.39, 0.29) is 6.61 Å². The zero-order valence-electron chi connectivity index (χ0n) is 6.92. The Labute approximate surface area is 80.8 Å². The van der Waals surface area contributed by atoms with Gasteiger partial charge >= 0.3 is 0 Å². The Balaban J connectivity index is 2.52. The Morgan fingerprint density at radius 1 is 1.31 bits per heavy atom. The van der Waals surface area contributed by atoms with Crippen LogP contribution in [0.4, 0.5) is 0 Å². The standard InChI is InChI=1S/C9H9ClO3/c10-7-1-2-8-9(6(7)5-11)13-4-3-12-8/h1-2,11H,3-5H2. The third-order valence-electron chi connectivity index (χ3n) is 1.91. The Hall–Kier alpha value is -0.930. The zero-order chi connectivity index (χ0) is 9.26. The van der Waals surface area contributed by atoms with E-state index in [4.69, 9.17) is 26.2 Å². The van der Waals surface area contributed by atoms with Gasteiger partial charge in [-0.05, 0) is 12.1 Å². The van der Waals surface area contributed by atoms with Crippen LogP contribution in [0, 0.1) is 0 Å². The van der Waals surface area contributed by atoms with Crippen molar-refractivity contribution in [2.24, 2.45) is 0 Å². The van der Waals surface area contributed by atoms with Crippen LogP contribution in [-0.4, -0.2) is 18.3 Å². The molecule has 3 nitrogen and oxygen atoms in total. The van der Waals surface area contributed by atoms with E-state index in [2.05, 4.69) is 0 Å². The van der Waals surface area contributed by atoms with Gasteiger partial charge in [-0.3, -0.25) is 0 Å². The van der Waals surface area contributed by atoms with Crippen molar-refractivity contribution in [3.05, 3.63) is 22.7 Å². The summed E-state index contributed by atoms with van der Waals surface area (Å²) in [4.78, 5) is 0. The van der Waals surface area contributed by atoms with Crippen molar-refractivity contribution in [1.29, 1.82) is 0 Å². The summed E-state index contributed by atoms with van der Waals surface area (Å²) in [5.41, 5.74) is 0.596. The van der Waals surface area contributed by atoms with Crippen molar-refractivity contribution < 1.29 is 14.6 Å². The molecule has 0 aliphatic carbocycles. The second-order valence-corrected chi connectivity index (χ2v) is 3.12. The second kappa shape index (κ2) is 3.44. The average molecular weight is 201 g/mol. The lowest BCUT2D eigenvalue weighted by Crippen LogP contribution is -2.16. The van der Waals surface area contributed by atoms with Gasteiger partial charge in [0.1, 0.15) is 13.2 Å². The number of hydrogen-bond donors (Lipinski definition) is 1. The van der Waals surface area contributed by atoms with E-state index < -0.39 is 0 Å². The van der Waals surface area contributed by atoms with Crippen molar-refractivity contribution in [3.8, 4) is 11.5 Å². The number of benzene rings is 1. The van der Waals surface area contributed by atoms with Crippen LogP contribution >= 0.6 is 11.6 Å². The maximum atomic E-state index is 9.05. The number of aliphatic hydroxyl groups is 1. The third-order valence-corrected chi connectivity index (χ3v) is 2.27. The molecule has 0 bridgehead atoms. The molecule has 0 radical (unpaired) electrons. The van der Waals surface area contributed by atoms with Gasteiger partial charge in [0.25, 0.3) is 0 Å². The third kappa shape index (κ3) is 1.45. The fourth-order valence-corrected chi connectivity index (χ4v) is 1.51. The van der Waals surface area contributed by atoms with Gasteiger partial charge in [0, 0.05) is 5.56 Å². The zero-order valence-corrected chi connectivity index (χ0v) is 7.67. The van der Waals surface area contributed by atoms with Crippen LogP contribution in [-0.2, 0) is 6.61 Å². The molecule has 0 fully saturated rings.